The van der Waals surface area contributed by atoms with E-state index in [1.165, 1.54) is 4.90 Å². The molecule has 2 rings (SSSR count). The summed E-state index contributed by atoms with van der Waals surface area (Å²) in [6, 6.07) is 1.33. The second-order valence-electron chi connectivity index (χ2n) is 5.02. The van der Waals surface area contributed by atoms with Crippen LogP contribution in [-0.2, 0) is 6.54 Å². The molecule has 0 bridgehead atoms. The van der Waals surface area contributed by atoms with Gasteiger partial charge in [-0.2, -0.15) is 18.3 Å². The monoisotopic (exact) mass is 306 g/mol. The number of rotatable bonds is 3. The van der Waals surface area contributed by atoms with Gasteiger partial charge in [0.25, 0.3) is 0 Å². The lowest BCUT2D eigenvalue weighted by molar-refractivity contribution is -0.271. The molecule has 2 N–H and O–H groups in total. The van der Waals surface area contributed by atoms with E-state index in [0.717, 1.165) is 0 Å². The van der Waals surface area contributed by atoms with Crippen molar-refractivity contribution in [1.29, 1.82) is 0 Å². The van der Waals surface area contributed by atoms with Gasteiger partial charge in [-0.3, -0.25) is 4.68 Å². The smallest absolute Gasteiger partial charge is 0.380 e. The van der Waals surface area contributed by atoms with E-state index in [-0.39, 0.29) is 13.1 Å². The number of hydrogen-bond acceptors (Lipinski definition) is 3. The molecule has 0 aromatic carbocycles. The van der Waals surface area contributed by atoms with Gasteiger partial charge >= 0.3 is 12.2 Å². The molecule has 9 heteroatoms. The number of aromatic nitrogens is 2. The van der Waals surface area contributed by atoms with Crippen LogP contribution < -0.4 is 5.32 Å². The van der Waals surface area contributed by atoms with E-state index in [2.05, 4.69) is 10.4 Å². The first-order chi connectivity index (χ1) is 9.82. The third kappa shape index (κ3) is 3.66. The number of alkyl halides is 3. The van der Waals surface area contributed by atoms with Crippen molar-refractivity contribution in [2.45, 2.75) is 31.2 Å². The average molecular weight is 306 g/mol. The van der Waals surface area contributed by atoms with Gasteiger partial charge in [0.15, 0.2) is 5.60 Å². The van der Waals surface area contributed by atoms with Crippen LogP contribution >= 0.6 is 0 Å². The maximum Gasteiger partial charge on any atom is 0.417 e. The van der Waals surface area contributed by atoms with Crippen LogP contribution in [0.25, 0.3) is 0 Å². The van der Waals surface area contributed by atoms with E-state index in [9.17, 15) is 23.1 Å². The first kappa shape index (κ1) is 15.6. The fraction of sp³-hybridized carbons (Fsp3) is 0.667. The Balaban J connectivity index is 1.75. The zero-order chi connectivity index (χ0) is 15.5. The minimum atomic E-state index is -4.66. The number of nitrogens with zero attached hydrogens (tertiary/aromatic N) is 3. The molecule has 0 saturated carbocycles. The summed E-state index contributed by atoms with van der Waals surface area (Å²) < 4.78 is 39.5. The van der Waals surface area contributed by atoms with Crippen LogP contribution in [0.1, 0.15) is 12.8 Å². The third-order valence-corrected chi connectivity index (χ3v) is 3.58. The molecule has 0 atom stereocenters. The van der Waals surface area contributed by atoms with Crippen LogP contribution in [0.5, 0.6) is 0 Å². The summed E-state index contributed by atoms with van der Waals surface area (Å²) in [5.74, 6) is 0. The van der Waals surface area contributed by atoms with Crippen LogP contribution in [0.3, 0.4) is 0 Å². The van der Waals surface area contributed by atoms with Crippen LogP contribution in [0.2, 0.25) is 0 Å². The van der Waals surface area contributed by atoms with Gasteiger partial charge in [-0.1, -0.05) is 0 Å². The standard InChI is InChI=1S/C12H17F3N4O2/c13-12(14,15)11(21)2-7-18(8-3-11)10(20)16-5-9-19-6-1-4-17-19/h1,4,6,21H,2-3,5,7-9H2,(H,16,20). The average Bonchev–Trinajstić information content (AvgIpc) is 2.91. The molecule has 0 aliphatic carbocycles. The van der Waals surface area contributed by atoms with Crippen molar-refractivity contribution in [2.75, 3.05) is 19.6 Å². The highest BCUT2D eigenvalue weighted by Crippen LogP contribution is 2.38. The highest BCUT2D eigenvalue weighted by Gasteiger charge is 2.54. The summed E-state index contributed by atoms with van der Waals surface area (Å²) in [7, 11) is 0. The van der Waals surface area contributed by atoms with Gasteiger partial charge in [-0.05, 0) is 6.07 Å². The maximum atomic E-state index is 12.6. The van der Waals surface area contributed by atoms with Gasteiger partial charge in [0.2, 0.25) is 0 Å². The van der Waals surface area contributed by atoms with Gasteiger partial charge < -0.3 is 15.3 Å². The number of nitrogens with one attached hydrogen (secondary N) is 1. The fourth-order valence-corrected chi connectivity index (χ4v) is 2.19. The summed E-state index contributed by atoms with van der Waals surface area (Å²) in [6.45, 7) is 0.576. The molecular weight excluding hydrogens is 289 g/mol. The Morgan fingerprint density at radius 1 is 1.38 bits per heavy atom. The predicted octanol–water partition coefficient (Wildman–Crippen LogP) is 0.982. The molecule has 1 fully saturated rings. The van der Waals surface area contributed by atoms with Gasteiger partial charge in [-0.25, -0.2) is 4.79 Å². The van der Waals surface area contributed by atoms with Crippen LogP contribution in [0.4, 0.5) is 18.0 Å². The number of carbonyl (C=O) groups is 1. The molecule has 118 valence electrons. The molecule has 1 aliphatic heterocycles. The second kappa shape index (κ2) is 5.92. The minimum absolute atomic E-state index is 0.121. The maximum absolute atomic E-state index is 12.6. The van der Waals surface area contributed by atoms with E-state index in [1.807, 2.05) is 0 Å². The Morgan fingerprint density at radius 2 is 2.05 bits per heavy atom. The van der Waals surface area contributed by atoms with Crippen molar-refractivity contribution in [3.63, 3.8) is 0 Å². The topological polar surface area (TPSA) is 70.4 Å². The highest BCUT2D eigenvalue weighted by atomic mass is 19.4. The van der Waals surface area contributed by atoms with Crippen LogP contribution in [-0.4, -0.2) is 57.2 Å². The lowest BCUT2D eigenvalue weighted by atomic mass is 9.91. The summed E-state index contributed by atoms with van der Waals surface area (Å²) in [5, 5.41) is 16.1. The lowest BCUT2D eigenvalue weighted by Gasteiger charge is -2.39. The number of urea groups is 1. The lowest BCUT2D eigenvalue weighted by Crippen LogP contribution is -2.56. The summed E-state index contributed by atoms with van der Waals surface area (Å²) in [5.41, 5.74) is -2.68. The molecule has 0 radical (unpaired) electrons. The SMILES string of the molecule is O=C(NCCn1cccn1)N1CCC(O)(C(F)(F)F)CC1. The van der Waals surface area contributed by atoms with E-state index in [0.29, 0.717) is 13.1 Å². The van der Waals surface area contributed by atoms with Crippen molar-refractivity contribution >= 4 is 6.03 Å². The molecule has 1 aromatic heterocycles. The summed E-state index contributed by atoms with van der Waals surface area (Å²) in [4.78, 5) is 13.1. The molecule has 2 heterocycles. The van der Waals surface area contributed by atoms with Gasteiger partial charge in [-0.15, -0.1) is 0 Å². The molecular formula is C12H17F3N4O2. The molecule has 21 heavy (non-hydrogen) atoms. The zero-order valence-electron chi connectivity index (χ0n) is 11.3. The first-order valence-corrected chi connectivity index (χ1v) is 6.61. The number of hydrogen-bond donors (Lipinski definition) is 2. The Morgan fingerprint density at radius 3 is 2.57 bits per heavy atom. The fourth-order valence-electron chi connectivity index (χ4n) is 2.19. The number of carbonyl (C=O) groups excluding carboxylic acids is 1. The van der Waals surface area contributed by atoms with Crippen molar-refractivity contribution in [3.8, 4) is 0 Å². The van der Waals surface area contributed by atoms with Gasteiger partial charge in [0, 0.05) is 44.9 Å². The molecule has 0 spiro atoms. The third-order valence-electron chi connectivity index (χ3n) is 3.58. The van der Waals surface area contributed by atoms with Crippen molar-refractivity contribution in [1.82, 2.24) is 20.0 Å². The zero-order valence-corrected chi connectivity index (χ0v) is 11.3. The number of piperidine rings is 1. The van der Waals surface area contributed by atoms with Crippen LogP contribution in [0.15, 0.2) is 18.5 Å². The second-order valence-corrected chi connectivity index (χ2v) is 5.02. The Labute approximate surface area is 119 Å². The van der Waals surface area contributed by atoms with Gasteiger partial charge in [0.05, 0.1) is 6.54 Å². The van der Waals surface area contributed by atoms with E-state index < -0.39 is 30.7 Å². The highest BCUT2D eigenvalue weighted by molar-refractivity contribution is 5.74. The van der Waals surface area contributed by atoms with E-state index in [1.54, 1.807) is 23.1 Å². The molecule has 6 nitrogen and oxygen atoms in total. The summed E-state index contributed by atoms with van der Waals surface area (Å²) >= 11 is 0. The molecule has 1 aliphatic rings. The van der Waals surface area contributed by atoms with Crippen LogP contribution in [0, 0.1) is 0 Å². The van der Waals surface area contributed by atoms with Crippen molar-refractivity contribution in [2.24, 2.45) is 0 Å². The Kier molecular flexibility index (Phi) is 4.40. The largest absolute Gasteiger partial charge is 0.417 e. The Hall–Kier alpha value is -1.77. The molecule has 2 amide bonds. The Bertz CT molecular complexity index is 467. The van der Waals surface area contributed by atoms with E-state index >= 15 is 0 Å². The first-order valence-electron chi connectivity index (χ1n) is 6.61. The molecule has 1 saturated heterocycles. The predicted molar refractivity (Wildman–Crippen MR) is 67.4 cm³/mol. The quantitative estimate of drug-likeness (QED) is 0.874. The molecule has 0 unspecified atom stereocenters. The summed E-state index contributed by atoms with van der Waals surface area (Å²) in [6.07, 6.45) is -2.29. The molecule has 1 aromatic rings. The number of likely N-dealkylation sites (tertiary alicyclic amines) is 1. The number of aliphatic hydroxyl groups is 1. The van der Waals surface area contributed by atoms with Crippen molar-refractivity contribution < 1.29 is 23.1 Å². The van der Waals surface area contributed by atoms with Crippen molar-refractivity contribution in [3.05, 3.63) is 18.5 Å². The minimum Gasteiger partial charge on any atom is -0.380 e. The normalized spacial score (nSPS) is 18.6. The van der Waals surface area contributed by atoms with E-state index in [4.69, 9.17) is 0 Å². The number of amides is 2. The van der Waals surface area contributed by atoms with Gasteiger partial charge in [0.1, 0.15) is 0 Å². The number of halogens is 3.